The van der Waals surface area contributed by atoms with Crippen molar-refractivity contribution in [3.05, 3.63) is 47.3 Å². The molecule has 190 valence electrons. The van der Waals surface area contributed by atoms with Gasteiger partial charge in [-0.15, -0.1) is 0 Å². The van der Waals surface area contributed by atoms with Crippen LogP contribution in [0.2, 0.25) is 5.02 Å². The van der Waals surface area contributed by atoms with Crippen molar-refractivity contribution in [2.24, 2.45) is 5.73 Å². The maximum atomic E-state index is 13.1. The van der Waals surface area contributed by atoms with Gasteiger partial charge in [0.25, 0.3) is 5.91 Å². The van der Waals surface area contributed by atoms with Gasteiger partial charge in [0.15, 0.2) is 5.13 Å². The number of hydrogen-bond acceptors (Lipinski definition) is 8. The number of alkyl halides is 2. The molecule has 0 bridgehead atoms. The molecule has 2 aromatic rings. The van der Waals surface area contributed by atoms with Crippen LogP contribution in [0.4, 0.5) is 18.9 Å². The minimum absolute atomic E-state index is 0.0997. The highest BCUT2D eigenvalue weighted by molar-refractivity contribution is 7.20. The van der Waals surface area contributed by atoms with Crippen molar-refractivity contribution >= 4 is 39.0 Å². The number of carbonyl (C=O) groups is 1. The maximum Gasteiger partial charge on any atom is 0.387 e. The Morgan fingerprint density at radius 1 is 1.40 bits per heavy atom. The molecule has 1 fully saturated rings. The lowest BCUT2D eigenvalue weighted by Gasteiger charge is -2.35. The number of nitrogens with zero attached hydrogens (tertiary/aromatic N) is 3. The number of amides is 1. The largest absolute Gasteiger partial charge is 0.434 e. The molecule has 0 unspecified atom stereocenters. The van der Waals surface area contributed by atoms with E-state index < -0.39 is 12.5 Å². The van der Waals surface area contributed by atoms with E-state index in [2.05, 4.69) is 41.1 Å². The topological polar surface area (TPSA) is 95.8 Å². The van der Waals surface area contributed by atoms with Gasteiger partial charge in [-0.3, -0.25) is 4.79 Å². The Bertz CT molecular complexity index is 1100. The highest BCUT2D eigenvalue weighted by atomic mass is 35.5. The smallest absolute Gasteiger partial charge is 0.387 e. The number of anilines is 2. The zero-order valence-corrected chi connectivity index (χ0v) is 21.3. The number of nitrogens with two attached hydrogens (primary N) is 1. The molecule has 1 aliphatic heterocycles. The number of rotatable bonds is 9. The first kappa shape index (κ1) is 26.7. The van der Waals surface area contributed by atoms with E-state index in [1.807, 2.05) is 0 Å². The van der Waals surface area contributed by atoms with Gasteiger partial charge in [-0.25, -0.2) is 4.98 Å². The molecule has 1 aromatic heterocycles. The second kappa shape index (κ2) is 11.7. The molecular weight excluding hydrogens is 498 g/mol. The van der Waals surface area contributed by atoms with Crippen LogP contribution in [-0.4, -0.2) is 62.7 Å². The van der Waals surface area contributed by atoms with Crippen LogP contribution >= 0.6 is 22.9 Å². The Kier molecular flexibility index (Phi) is 8.92. The number of thiazole rings is 1. The van der Waals surface area contributed by atoms with Crippen molar-refractivity contribution in [1.29, 1.82) is 0 Å². The van der Waals surface area contributed by atoms with Crippen molar-refractivity contribution in [2.75, 3.05) is 44.4 Å². The average Bonchev–Trinajstić information content (AvgIpc) is 3.23. The quantitative estimate of drug-likeness (QED) is 0.334. The van der Waals surface area contributed by atoms with Gasteiger partial charge < -0.3 is 30.9 Å². The number of halogens is 3. The van der Waals surface area contributed by atoms with E-state index in [0.29, 0.717) is 21.2 Å². The number of hydrogen-bond donors (Lipinski definition) is 3. The molecule has 35 heavy (non-hydrogen) atoms. The predicted octanol–water partition coefficient (Wildman–Crippen LogP) is 4.11. The fraction of sp³-hybridized carbons (Fsp3) is 0.391. The van der Waals surface area contributed by atoms with Crippen LogP contribution in [0.5, 0.6) is 5.75 Å². The van der Waals surface area contributed by atoms with Crippen LogP contribution in [0.15, 0.2) is 42.2 Å². The van der Waals surface area contributed by atoms with Crippen LogP contribution in [0, 0.1) is 0 Å². The standard InChI is InChI=1S/C23H29ClF2N6O2S/c1-5-15(19(27)28-2)20(33)30-21-18(16-12-13(24)6-7-17(16)34-22(25)26)29-23(35-21)32-10-8-14(9-11-32)31(3)4/h5-7,12,14,22,28H,1,8-11,27H2,2-4H3,(H,30,33)/b19-15-. The summed E-state index contributed by atoms with van der Waals surface area (Å²) < 4.78 is 30.9. The number of aromatic nitrogens is 1. The second-order valence-corrected chi connectivity index (χ2v) is 9.52. The Balaban J connectivity index is 2.05. The molecule has 12 heteroatoms. The average molecular weight is 527 g/mol. The van der Waals surface area contributed by atoms with Crippen LogP contribution in [-0.2, 0) is 4.79 Å². The van der Waals surface area contributed by atoms with Gasteiger partial charge in [0.05, 0.1) is 5.57 Å². The molecule has 3 rings (SSSR count). The summed E-state index contributed by atoms with van der Waals surface area (Å²) in [6.07, 6.45) is 3.23. The Morgan fingerprint density at radius 3 is 2.66 bits per heavy atom. The SMILES string of the molecule is C=C/C(C(=O)Nc1sc(N2CCC(N(C)C)CC2)nc1-c1cc(Cl)ccc1OC(F)F)=C(\N)NC. The Hall–Kier alpha value is -2.89. The third-order valence-electron chi connectivity index (χ3n) is 5.73. The molecule has 1 aromatic carbocycles. The van der Waals surface area contributed by atoms with Gasteiger partial charge in [-0.05, 0) is 45.1 Å². The van der Waals surface area contributed by atoms with Crippen molar-refractivity contribution < 1.29 is 18.3 Å². The molecule has 0 radical (unpaired) electrons. The summed E-state index contributed by atoms with van der Waals surface area (Å²) in [5.74, 6) is -0.482. The summed E-state index contributed by atoms with van der Waals surface area (Å²) in [4.78, 5) is 22.0. The molecule has 1 aliphatic rings. The second-order valence-electron chi connectivity index (χ2n) is 8.11. The minimum Gasteiger partial charge on any atom is -0.434 e. The minimum atomic E-state index is -3.04. The number of carbonyl (C=O) groups excluding carboxylic acids is 1. The highest BCUT2D eigenvalue weighted by Crippen LogP contribution is 2.43. The van der Waals surface area contributed by atoms with Crippen molar-refractivity contribution in [3.63, 3.8) is 0 Å². The zero-order valence-electron chi connectivity index (χ0n) is 19.8. The van der Waals surface area contributed by atoms with Crippen LogP contribution < -0.4 is 26.0 Å². The van der Waals surface area contributed by atoms with E-state index in [9.17, 15) is 13.6 Å². The van der Waals surface area contributed by atoms with Crippen LogP contribution in [0.3, 0.4) is 0 Å². The molecule has 1 amide bonds. The lowest BCUT2D eigenvalue weighted by Crippen LogP contribution is -2.41. The Morgan fingerprint density at radius 2 is 2.09 bits per heavy atom. The van der Waals surface area contributed by atoms with Crippen molar-refractivity contribution in [1.82, 2.24) is 15.2 Å². The van der Waals surface area contributed by atoms with Gasteiger partial charge >= 0.3 is 6.61 Å². The van der Waals surface area contributed by atoms with E-state index in [1.165, 1.54) is 35.6 Å². The van der Waals surface area contributed by atoms with E-state index in [-0.39, 0.29) is 28.4 Å². The first-order valence-electron chi connectivity index (χ1n) is 10.9. The maximum absolute atomic E-state index is 13.1. The summed E-state index contributed by atoms with van der Waals surface area (Å²) in [5, 5.41) is 6.84. The van der Waals surface area contributed by atoms with Crippen molar-refractivity contribution in [2.45, 2.75) is 25.5 Å². The van der Waals surface area contributed by atoms with Gasteiger partial charge in [0.1, 0.15) is 22.3 Å². The normalized spacial score (nSPS) is 15.3. The van der Waals surface area contributed by atoms with Gasteiger partial charge in [0.2, 0.25) is 0 Å². The van der Waals surface area contributed by atoms with Gasteiger partial charge in [-0.2, -0.15) is 8.78 Å². The summed E-state index contributed by atoms with van der Waals surface area (Å²) in [6, 6.07) is 4.75. The predicted molar refractivity (Wildman–Crippen MR) is 137 cm³/mol. The van der Waals surface area contributed by atoms with Crippen LogP contribution in [0.25, 0.3) is 11.3 Å². The molecule has 8 nitrogen and oxygen atoms in total. The van der Waals surface area contributed by atoms with Gasteiger partial charge in [-0.1, -0.05) is 35.6 Å². The first-order chi connectivity index (χ1) is 16.6. The first-order valence-corrected chi connectivity index (χ1v) is 12.1. The third-order valence-corrected chi connectivity index (χ3v) is 7.00. The summed E-state index contributed by atoms with van der Waals surface area (Å²) >= 11 is 7.42. The zero-order chi connectivity index (χ0) is 25.7. The monoisotopic (exact) mass is 526 g/mol. The number of piperidine rings is 1. The van der Waals surface area contributed by atoms with E-state index in [4.69, 9.17) is 27.1 Å². The molecule has 0 spiro atoms. The summed E-state index contributed by atoms with van der Waals surface area (Å²) in [7, 11) is 5.70. The number of nitrogens with one attached hydrogen (secondary N) is 2. The van der Waals surface area contributed by atoms with E-state index >= 15 is 0 Å². The molecular formula is C23H29ClF2N6O2S. The third kappa shape index (κ3) is 6.41. The molecule has 0 aliphatic carbocycles. The van der Waals surface area contributed by atoms with Crippen molar-refractivity contribution in [3.8, 4) is 17.0 Å². The fourth-order valence-electron chi connectivity index (χ4n) is 3.80. The lowest BCUT2D eigenvalue weighted by molar-refractivity contribution is -0.112. The Labute approximate surface area is 212 Å². The lowest BCUT2D eigenvalue weighted by atomic mass is 10.0. The van der Waals surface area contributed by atoms with Crippen LogP contribution in [0.1, 0.15) is 12.8 Å². The fourth-order valence-corrected chi connectivity index (χ4v) is 5.00. The van der Waals surface area contributed by atoms with E-state index in [0.717, 1.165) is 25.9 Å². The van der Waals surface area contributed by atoms with E-state index in [1.54, 1.807) is 7.05 Å². The highest BCUT2D eigenvalue weighted by Gasteiger charge is 2.27. The molecule has 2 heterocycles. The number of ether oxygens (including phenoxy) is 1. The van der Waals surface area contributed by atoms with Gasteiger partial charge in [0, 0.05) is 36.8 Å². The molecule has 4 N–H and O–H groups in total. The molecule has 0 saturated carbocycles. The summed E-state index contributed by atoms with van der Waals surface area (Å²) in [6.45, 7) is 2.14. The molecule has 1 saturated heterocycles. The molecule has 0 atom stereocenters. The summed E-state index contributed by atoms with van der Waals surface area (Å²) in [5.41, 5.74) is 6.53. The number of benzene rings is 1.